The number of hydrogen-bond donors (Lipinski definition) is 0. The summed E-state index contributed by atoms with van der Waals surface area (Å²) in [6.45, 7) is 0. The molecule has 0 unspecified atom stereocenters. The Hall–Kier alpha value is -6.46. The van der Waals surface area contributed by atoms with Crippen molar-refractivity contribution in [1.82, 2.24) is 19.9 Å². The zero-order valence-corrected chi connectivity index (χ0v) is 25.1. The highest BCUT2D eigenvalue weighted by atomic mass is 16.3. The minimum atomic E-state index is 0.606. The first-order chi connectivity index (χ1) is 23.3. The van der Waals surface area contributed by atoms with Crippen LogP contribution in [-0.4, -0.2) is 19.9 Å². The summed E-state index contributed by atoms with van der Waals surface area (Å²) >= 11 is 0. The molecule has 0 aliphatic rings. The van der Waals surface area contributed by atoms with E-state index in [0.717, 1.165) is 60.2 Å². The zero-order chi connectivity index (χ0) is 30.9. The Labute approximate surface area is 268 Å². The lowest BCUT2D eigenvalue weighted by Gasteiger charge is -2.11. The van der Waals surface area contributed by atoms with Gasteiger partial charge in [-0.1, -0.05) is 103 Å². The van der Waals surface area contributed by atoms with Crippen LogP contribution in [0.3, 0.4) is 0 Å². The molecule has 7 aromatic carbocycles. The third kappa shape index (κ3) is 4.10. The van der Waals surface area contributed by atoms with Crippen molar-refractivity contribution >= 4 is 65.0 Å². The molecule has 0 saturated heterocycles. The van der Waals surface area contributed by atoms with Crippen molar-refractivity contribution in [3.05, 3.63) is 146 Å². The van der Waals surface area contributed by atoms with Gasteiger partial charge in [-0.25, -0.2) is 15.0 Å². The maximum Gasteiger partial charge on any atom is 0.164 e. The van der Waals surface area contributed by atoms with E-state index in [9.17, 15) is 0 Å². The number of aromatic nitrogens is 4. The number of pyridine rings is 1. The monoisotopic (exact) mass is 600 g/mol. The van der Waals surface area contributed by atoms with Gasteiger partial charge in [0.2, 0.25) is 0 Å². The lowest BCUT2D eigenvalue weighted by molar-refractivity contribution is 0.669. The first kappa shape index (κ1) is 25.8. The predicted octanol–water partition coefficient (Wildman–Crippen LogP) is 10.8. The minimum absolute atomic E-state index is 0.606. The van der Waals surface area contributed by atoms with Crippen molar-refractivity contribution in [3.63, 3.8) is 0 Å². The van der Waals surface area contributed by atoms with Crippen molar-refractivity contribution in [1.29, 1.82) is 0 Å². The first-order valence-corrected chi connectivity index (χ1v) is 15.6. The van der Waals surface area contributed by atoms with Crippen LogP contribution in [0.15, 0.2) is 150 Å². The average molecular weight is 601 g/mol. The Morgan fingerprint density at radius 3 is 1.96 bits per heavy atom. The lowest BCUT2D eigenvalue weighted by Crippen LogP contribution is -2.00. The standard InChI is InChI=1S/C42H24N4O/c1-2-7-25(8-3-1)40-44-41(29-14-16-31-28(21-29)13-17-34-32-19-20-43-24-30(32)15-18-33(31)34)46-42(45-40)35-11-6-12-37-39(35)36-22-26-9-4-5-10-27(26)23-38(36)47-37/h1-24H. The highest BCUT2D eigenvalue weighted by Crippen LogP contribution is 2.39. The Morgan fingerprint density at radius 2 is 1.11 bits per heavy atom. The van der Waals surface area contributed by atoms with Crippen LogP contribution in [0, 0.1) is 0 Å². The predicted molar refractivity (Wildman–Crippen MR) is 191 cm³/mol. The number of benzene rings is 7. The fraction of sp³-hybridized carbons (Fsp3) is 0. The highest BCUT2D eigenvalue weighted by molar-refractivity contribution is 6.18. The Balaban J connectivity index is 1.20. The van der Waals surface area contributed by atoms with E-state index in [0.29, 0.717) is 17.5 Å². The maximum absolute atomic E-state index is 6.39. The topological polar surface area (TPSA) is 64.7 Å². The summed E-state index contributed by atoms with van der Waals surface area (Å²) < 4.78 is 6.39. The molecule has 5 nitrogen and oxygen atoms in total. The van der Waals surface area contributed by atoms with Crippen molar-refractivity contribution in [2.45, 2.75) is 0 Å². The van der Waals surface area contributed by atoms with Gasteiger partial charge in [-0.3, -0.25) is 4.98 Å². The summed E-state index contributed by atoms with van der Waals surface area (Å²) in [5, 5.41) is 11.4. The van der Waals surface area contributed by atoms with Crippen molar-refractivity contribution in [2.75, 3.05) is 0 Å². The summed E-state index contributed by atoms with van der Waals surface area (Å²) in [6, 6.07) is 46.1. The van der Waals surface area contributed by atoms with E-state index >= 15 is 0 Å². The number of fused-ring (bicyclic) bond motifs is 9. The van der Waals surface area contributed by atoms with Crippen LogP contribution in [0.2, 0.25) is 0 Å². The van der Waals surface area contributed by atoms with Gasteiger partial charge in [0.1, 0.15) is 11.2 Å². The van der Waals surface area contributed by atoms with Gasteiger partial charge in [0.05, 0.1) is 0 Å². The number of nitrogens with zero attached hydrogens (tertiary/aromatic N) is 4. The van der Waals surface area contributed by atoms with Gasteiger partial charge in [0.25, 0.3) is 0 Å². The van der Waals surface area contributed by atoms with E-state index < -0.39 is 0 Å². The summed E-state index contributed by atoms with van der Waals surface area (Å²) in [7, 11) is 0. The van der Waals surface area contributed by atoms with Crippen LogP contribution in [0.1, 0.15) is 0 Å². The van der Waals surface area contributed by atoms with E-state index in [-0.39, 0.29) is 0 Å². The van der Waals surface area contributed by atoms with Gasteiger partial charge >= 0.3 is 0 Å². The molecule has 0 fully saturated rings. The van der Waals surface area contributed by atoms with Crippen molar-refractivity contribution < 1.29 is 4.42 Å². The van der Waals surface area contributed by atoms with Crippen LogP contribution in [-0.2, 0) is 0 Å². The maximum atomic E-state index is 6.39. The molecule has 218 valence electrons. The van der Waals surface area contributed by atoms with Gasteiger partial charge in [-0.15, -0.1) is 0 Å². The zero-order valence-electron chi connectivity index (χ0n) is 25.1. The molecule has 3 heterocycles. The van der Waals surface area contributed by atoms with Crippen LogP contribution in [0.5, 0.6) is 0 Å². The number of furan rings is 1. The van der Waals surface area contributed by atoms with Crippen molar-refractivity contribution in [3.8, 4) is 34.2 Å². The van der Waals surface area contributed by atoms with E-state index in [4.69, 9.17) is 19.4 Å². The molecule has 0 aliphatic carbocycles. The molecule has 10 aromatic rings. The van der Waals surface area contributed by atoms with E-state index in [1.54, 1.807) is 0 Å². The van der Waals surface area contributed by atoms with Crippen molar-refractivity contribution in [2.24, 2.45) is 0 Å². The van der Waals surface area contributed by atoms with Gasteiger partial charge in [-0.2, -0.15) is 0 Å². The largest absolute Gasteiger partial charge is 0.456 e. The molecule has 0 bridgehead atoms. The number of rotatable bonds is 3. The second-order valence-corrected chi connectivity index (χ2v) is 11.9. The average Bonchev–Trinajstić information content (AvgIpc) is 3.51. The van der Waals surface area contributed by atoms with Crippen LogP contribution in [0.4, 0.5) is 0 Å². The third-order valence-corrected chi connectivity index (χ3v) is 9.16. The molecule has 47 heavy (non-hydrogen) atoms. The Morgan fingerprint density at radius 1 is 0.404 bits per heavy atom. The molecule has 5 heteroatoms. The quantitative estimate of drug-likeness (QED) is 0.189. The molecule has 3 aromatic heterocycles. The summed E-state index contributed by atoms with van der Waals surface area (Å²) in [5.74, 6) is 1.85. The van der Waals surface area contributed by atoms with E-state index in [1.807, 2.05) is 54.9 Å². The summed E-state index contributed by atoms with van der Waals surface area (Å²) in [5.41, 5.74) is 4.41. The second kappa shape index (κ2) is 10.0. The number of hydrogen-bond acceptors (Lipinski definition) is 5. The molecule has 0 radical (unpaired) electrons. The molecule has 0 atom stereocenters. The molecular weight excluding hydrogens is 576 g/mol. The van der Waals surface area contributed by atoms with Gasteiger partial charge in [-0.05, 0) is 68.0 Å². The highest BCUT2D eigenvalue weighted by Gasteiger charge is 2.18. The summed E-state index contributed by atoms with van der Waals surface area (Å²) in [6.07, 6.45) is 3.77. The van der Waals surface area contributed by atoms with Crippen LogP contribution >= 0.6 is 0 Å². The minimum Gasteiger partial charge on any atom is -0.456 e. The molecule has 0 saturated carbocycles. The molecule has 0 amide bonds. The second-order valence-electron chi connectivity index (χ2n) is 11.9. The summed E-state index contributed by atoms with van der Waals surface area (Å²) in [4.78, 5) is 19.5. The van der Waals surface area contributed by atoms with Gasteiger partial charge in [0.15, 0.2) is 17.5 Å². The van der Waals surface area contributed by atoms with E-state index in [2.05, 4.69) is 96.0 Å². The first-order valence-electron chi connectivity index (χ1n) is 15.6. The van der Waals surface area contributed by atoms with Gasteiger partial charge < -0.3 is 4.42 Å². The fourth-order valence-electron chi connectivity index (χ4n) is 6.91. The van der Waals surface area contributed by atoms with E-state index in [1.165, 1.54) is 21.5 Å². The normalized spacial score (nSPS) is 11.8. The van der Waals surface area contributed by atoms with Crippen LogP contribution < -0.4 is 0 Å². The van der Waals surface area contributed by atoms with Gasteiger partial charge in [0, 0.05) is 45.2 Å². The molecule has 0 aliphatic heterocycles. The molecule has 0 N–H and O–H groups in total. The molecule has 0 spiro atoms. The molecular formula is C42H24N4O. The SMILES string of the molecule is c1ccc(-c2nc(-c3ccc4c(ccc5c6ccncc6ccc45)c3)nc(-c3cccc4oc5cc6ccccc6cc5c34)n2)cc1. The Kier molecular flexibility index (Phi) is 5.51. The molecule has 10 rings (SSSR count). The Bertz CT molecular complexity index is 2860. The smallest absolute Gasteiger partial charge is 0.164 e. The fourth-order valence-corrected chi connectivity index (χ4v) is 6.91. The lowest BCUT2D eigenvalue weighted by atomic mass is 9.97. The van der Waals surface area contributed by atoms with Crippen LogP contribution in [0.25, 0.3) is 99.2 Å². The third-order valence-electron chi connectivity index (χ3n) is 9.16.